The van der Waals surface area contributed by atoms with Crippen molar-refractivity contribution in [1.82, 2.24) is 5.32 Å². The molecule has 0 saturated carbocycles. The molecule has 1 aromatic rings. The second kappa shape index (κ2) is 8.71. The molecular weight excluding hydrogens is 286 g/mol. The summed E-state index contributed by atoms with van der Waals surface area (Å²) in [7, 11) is 3.00. The van der Waals surface area contributed by atoms with Crippen LogP contribution in [-0.4, -0.2) is 37.2 Å². The predicted octanol–water partition coefficient (Wildman–Crippen LogP) is 1.78. The van der Waals surface area contributed by atoms with Gasteiger partial charge in [0.25, 0.3) is 0 Å². The minimum atomic E-state index is -1.07. The van der Waals surface area contributed by atoms with Gasteiger partial charge in [0.15, 0.2) is 0 Å². The maximum Gasteiger partial charge on any atom is 0.326 e. The number of nitrogens with one attached hydrogen (secondary N) is 1. The first-order valence-corrected chi connectivity index (χ1v) is 6.86. The number of carbonyl (C=O) groups excluding carboxylic acids is 1. The summed E-state index contributed by atoms with van der Waals surface area (Å²) in [6.07, 6.45) is 2.40. The van der Waals surface area contributed by atoms with Crippen LogP contribution < -0.4 is 14.8 Å². The molecule has 0 saturated heterocycles. The molecule has 1 unspecified atom stereocenters. The van der Waals surface area contributed by atoms with Crippen LogP contribution in [0.15, 0.2) is 30.9 Å². The SMILES string of the molecule is C=CCCC(NC(=O)Cc1c(OC)cccc1OC)C(=O)O. The van der Waals surface area contributed by atoms with Crippen molar-refractivity contribution in [2.24, 2.45) is 0 Å². The zero-order valence-electron chi connectivity index (χ0n) is 12.8. The van der Waals surface area contributed by atoms with Gasteiger partial charge in [-0.2, -0.15) is 0 Å². The first kappa shape index (κ1) is 17.6. The Hall–Kier alpha value is -2.50. The minimum absolute atomic E-state index is 0.0228. The number of rotatable bonds is 9. The molecular formula is C16H21NO5. The Morgan fingerprint density at radius 1 is 1.32 bits per heavy atom. The Morgan fingerprint density at radius 3 is 2.36 bits per heavy atom. The molecule has 0 aliphatic carbocycles. The zero-order valence-corrected chi connectivity index (χ0v) is 12.8. The summed E-state index contributed by atoms with van der Waals surface area (Å²) in [5, 5.41) is 11.6. The van der Waals surface area contributed by atoms with Gasteiger partial charge in [0.2, 0.25) is 5.91 Å². The van der Waals surface area contributed by atoms with Gasteiger partial charge < -0.3 is 19.9 Å². The average molecular weight is 307 g/mol. The molecule has 0 spiro atoms. The van der Waals surface area contributed by atoms with Gasteiger partial charge in [0.1, 0.15) is 17.5 Å². The Balaban J connectivity index is 2.83. The van der Waals surface area contributed by atoms with Crippen LogP contribution in [0.1, 0.15) is 18.4 Å². The summed E-state index contributed by atoms with van der Waals surface area (Å²) in [5.74, 6) is -0.429. The molecule has 1 amide bonds. The first-order valence-electron chi connectivity index (χ1n) is 6.86. The van der Waals surface area contributed by atoms with Gasteiger partial charge in [-0.3, -0.25) is 4.79 Å². The summed E-state index contributed by atoms with van der Waals surface area (Å²) < 4.78 is 10.4. The molecule has 0 radical (unpaired) electrons. The minimum Gasteiger partial charge on any atom is -0.496 e. The zero-order chi connectivity index (χ0) is 16.5. The summed E-state index contributed by atoms with van der Waals surface area (Å²) in [5.41, 5.74) is 0.581. The Labute approximate surface area is 129 Å². The van der Waals surface area contributed by atoms with E-state index in [1.807, 2.05) is 0 Å². The number of carboxylic acids is 1. The summed E-state index contributed by atoms with van der Waals surface area (Å²) in [6.45, 7) is 3.55. The van der Waals surface area contributed by atoms with Crippen molar-refractivity contribution in [2.75, 3.05) is 14.2 Å². The molecule has 22 heavy (non-hydrogen) atoms. The van der Waals surface area contributed by atoms with Gasteiger partial charge in [-0.15, -0.1) is 6.58 Å². The van der Waals surface area contributed by atoms with Crippen molar-refractivity contribution in [1.29, 1.82) is 0 Å². The largest absolute Gasteiger partial charge is 0.496 e. The van der Waals surface area contributed by atoms with Crippen molar-refractivity contribution >= 4 is 11.9 Å². The van der Waals surface area contributed by atoms with E-state index in [1.54, 1.807) is 24.3 Å². The highest BCUT2D eigenvalue weighted by atomic mass is 16.5. The van der Waals surface area contributed by atoms with E-state index in [-0.39, 0.29) is 6.42 Å². The van der Waals surface area contributed by atoms with E-state index in [0.717, 1.165) is 0 Å². The van der Waals surface area contributed by atoms with Crippen LogP contribution in [0.2, 0.25) is 0 Å². The van der Waals surface area contributed by atoms with Gasteiger partial charge in [0.05, 0.1) is 20.6 Å². The number of hydrogen-bond donors (Lipinski definition) is 2. The van der Waals surface area contributed by atoms with Crippen LogP contribution >= 0.6 is 0 Å². The third-order valence-electron chi connectivity index (χ3n) is 3.16. The number of amides is 1. The fourth-order valence-electron chi connectivity index (χ4n) is 2.05. The lowest BCUT2D eigenvalue weighted by molar-refractivity contribution is -0.141. The lowest BCUT2D eigenvalue weighted by atomic mass is 10.1. The van der Waals surface area contributed by atoms with E-state index in [4.69, 9.17) is 14.6 Å². The maximum absolute atomic E-state index is 12.1. The van der Waals surface area contributed by atoms with Crippen molar-refractivity contribution in [3.8, 4) is 11.5 Å². The molecule has 0 aliphatic heterocycles. The highest BCUT2D eigenvalue weighted by Crippen LogP contribution is 2.28. The monoisotopic (exact) mass is 307 g/mol. The molecule has 1 aromatic carbocycles. The molecule has 0 heterocycles. The number of carbonyl (C=O) groups is 2. The van der Waals surface area contributed by atoms with E-state index in [0.29, 0.717) is 29.9 Å². The van der Waals surface area contributed by atoms with Gasteiger partial charge in [0, 0.05) is 5.56 Å². The van der Waals surface area contributed by atoms with Crippen LogP contribution in [-0.2, 0) is 16.0 Å². The first-order chi connectivity index (χ1) is 10.5. The summed E-state index contributed by atoms with van der Waals surface area (Å²) in [4.78, 5) is 23.3. The third-order valence-corrected chi connectivity index (χ3v) is 3.16. The van der Waals surface area contributed by atoms with Crippen molar-refractivity contribution < 1.29 is 24.2 Å². The summed E-state index contributed by atoms with van der Waals surface area (Å²) >= 11 is 0. The Kier molecular flexibility index (Phi) is 6.95. The number of hydrogen-bond acceptors (Lipinski definition) is 4. The molecule has 6 heteroatoms. The van der Waals surface area contributed by atoms with E-state index in [1.165, 1.54) is 14.2 Å². The highest BCUT2D eigenvalue weighted by Gasteiger charge is 2.21. The van der Waals surface area contributed by atoms with Crippen LogP contribution in [0.5, 0.6) is 11.5 Å². The average Bonchev–Trinajstić information content (AvgIpc) is 2.51. The standard InChI is InChI=1S/C16H21NO5/c1-4-5-7-12(16(19)20)17-15(18)10-11-13(21-2)8-6-9-14(11)22-3/h4,6,8-9,12H,1,5,7,10H2,2-3H3,(H,17,18)(H,19,20). The molecule has 120 valence electrons. The second-order valence-corrected chi connectivity index (χ2v) is 4.64. The van der Waals surface area contributed by atoms with Crippen molar-refractivity contribution in [2.45, 2.75) is 25.3 Å². The maximum atomic E-state index is 12.1. The fourth-order valence-corrected chi connectivity index (χ4v) is 2.05. The Morgan fingerprint density at radius 2 is 1.91 bits per heavy atom. The molecule has 0 bridgehead atoms. The van der Waals surface area contributed by atoms with Gasteiger partial charge in [-0.1, -0.05) is 12.1 Å². The molecule has 2 N–H and O–H groups in total. The lowest BCUT2D eigenvalue weighted by Crippen LogP contribution is -2.41. The van der Waals surface area contributed by atoms with Crippen LogP contribution in [0.4, 0.5) is 0 Å². The molecule has 1 rings (SSSR count). The van der Waals surface area contributed by atoms with Crippen molar-refractivity contribution in [3.63, 3.8) is 0 Å². The second-order valence-electron chi connectivity index (χ2n) is 4.64. The van der Waals surface area contributed by atoms with Crippen molar-refractivity contribution in [3.05, 3.63) is 36.4 Å². The van der Waals surface area contributed by atoms with Gasteiger partial charge in [-0.05, 0) is 25.0 Å². The number of allylic oxidation sites excluding steroid dienone is 1. The van der Waals surface area contributed by atoms with Gasteiger partial charge in [-0.25, -0.2) is 4.79 Å². The number of carboxylic acid groups (broad SMARTS) is 1. The number of benzene rings is 1. The molecule has 0 aliphatic rings. The van der Waals surface area contributed by atoms with Crippen LogP contribution in [0.3, 0.4) is 0 Å². The van der Waals surface area contributed by atoms with Gasteiger partial charge >= 0.3 is 5.97 Å². The topological polar surface area (TPSA) is 84.9 Å². The van der Waals surface area contributed by atoms with Crippen LogP contribution in [0, 0.1) is 0 Å². The fraction of sp³-hybridized carbons (Fsp3) is 0.375. The third kappa shape index (κ3) is 4.80. The van der Waals surface area contributed by atoms with E-state index in [9.17, 15) is 9.59 Å². The molecule has 0 aromatic heterocycles. The van der Waals surface area contributed by atoms with E-state index in [2.05, 4.69) is 11.9 Å². The number of ether oxygens (including phenoxy) is 2. The highest BCUT2D eigenvalue weighted by molar-refractivity contribution is 5.85. The number of methoxy groups -OCH3 is 2. The normalized spacial score (nSPS) is 11.4. The van der Waals surface area contributed by atoms with Crippen LogP contribution in [0.25, 0.3) is 0 Å². The molecule has 1 atom stereocenters. The Bertz CT molecular complexity index is 519. The number of aliphatic carboxylic acids is 1. The quantitative estimate of drug-likeness (QED) is 0.679. The lowest BCUT2D eigenvalue weighted by Gasteiger charge is -2.16. The molecule has 6 nitrogen and oxygen atoms in total. The smallest absolute Gasteiger partial charge is 0.326 e. The molecule has 0 fully saturated rings. The van der Waals surface area contributed by atoms with E-state index < -0.39 is 17.9 Å². The summed E-state index contributed by atoms with van der Waals surface area (Å²) in [6, 6.07) is 4.25. The predicted molar refractivity (Wildman–Crippen MR) is 82.2 cm³/mol. The van der Waals surface area contributed by atoms with E-state index >= 15 is 0 Å².